The van der Waals surface area contributed by atoms with Gasteiger partial charge < -0.3 is 9.97 Å². The van der Waals surface area contributed by atoms with Crippen LogP contribution in [0.1, 0.15) is 17.0 Å². The first-order valence-electron chi connectivity index (χ1n) is 8.12. The monoisotopic (exact) mass is 313 g/mol. The van der Waals surface area contributed by atoms with Gasteiger partial charge in [0.15, 0.2) is 0 Å². The summed E-state index contributed by atoms with van der Waals surface area (Å²) < 4.78 is 0. The van der Waals surface area contributed by atoms with Crippen molar-refractivity contribution in [1.82, 2.24) is 15.0 Å². The SMILES string of the molecule is Cc1ccc(-c2cccc(Cc3cccc(-c4ccc[nH]4)c3)n2)[nH]1. The lowest BCUT2D eigenvalue weighted by Gasteiger charge is -2.06. The molecule has 24 heavy (non-hydrogen) atoms. The number of rotatable bonds is 4. The van der Waals surface area contributed by atoms with Gasteiger partial charge in [-0.25, -0.2) is 0 Å². The minimum absolute atomic E-state index is 0.822. The van der Waals surface area contributed by atoms with Gasteiger partial charge in [0.1, 0.15) is 0 Å². The average Bonchev–Trinajstić information content (AvgIpc) is 3.27. The molecule has 2 N–H and O–H groups in total. The lowest BCUT2D eigenvalue weighted by atomic mass is 10.0. The lowest BCUT2D eigenvalue weighted by Crippen LogP contribution is -1.94. The maximum Gasteiger partial charge on any atom is 0.0867 e. The first-order chi connectivity index (χ1) is 11.8. The molecule has 0 aliphatic heterocycles. The molecule has 0 spiro atoms. The van der Waals surface area contributed by atoms with Gasteiger partial charge in [-0.05, 0) is 60.5 Å². The molecule has 0 aliphatic rings. The van der Waals surface area contributed by atoms with E-state index in [1.807, 2.05) is 18.3 Å². The highest BCUT2D eigenvalue weighted by Gasteiger charge is 2.05. The van der Waals surface area contributed by atoms with Crippen molar-refractivity contribution in [2.45, 2.75) is 13.3 Å². The third-order valence-electron chi connectivity index (χ3n) is 4.14. The molecule has 118 valence electrons. The van der Waals surface area contributed by atoms with Crippen LogP contribution in [0.3, 0.4) is 0 Å². The minimum atomic E-state index is 0.822. The van der Waals surface area contributed by atoms with Gasteiger partial charge >= 0.3 is 0 Å². The Hall–Kier alpha value is -3.07. The van der Waals surface area contributed by atoms with E-state index in [1.54, 1.807) is 0 Å². The predicted molar refractivity (Wildman–Crippen MR) is 97.8 cm³/mol. The highest BCUT2D eigenvalue weighted by atomic mass is 14.8. The van der Waals surface area contributed by atoms with Crippen molar-refractivity contribution in [3.8, 4) is 22.6 Å². The summed E-state index contributed by atoms with van der Waals surface area (Å²) in [5.74, 6) is 0. The van der Waals surface area contributed by atoms with Crippen molar-refractivity contribution in [3.05, 3.63) is 89.9 Å². The van der Waals surface area contributed by atoms with Gasteiger partial charge in [-0.1, -0.05) is 24.3 Å². The number of H-pyrrole nitrogens is 2. The highest BCUT2D eigenvalue weighted by Crippen LogP contribution is 2.21. The number of benzene rings is 1. The first-order valence-corrected chi connectivity index (χ1v) is 8.12. The summed E-state index contributed by atoms with van der Waals surface area (Å²) in [6.07, 6.45) is 2.77. The number of pyridine rings is 1. The van der Waals surface area contributed by atoms with Crippen molar-refractivity contribution in [2.75, 3.05) is 0 Å². The van der Waals surface area contributed by atoms with Gasteiger partial charge in [0.2, 0.25) is 0 Å². The molecule has 3 heteroatoms. The van der Waals surface area contributed by atoms with Crippen molar-refractivity contribution in [1.29, 1.82) is 0 Å². The van der Waals surface area contributed by atoms with Crippen molar-refractivity contribution < 1.29 is 0 Å². The van der Waals surface area contributed by atoms with Crippen LogP contribution in [-0.4, -0.2) is 15.0 Å². The largest absolute Gasteiger partial charge is 0.361 e. The zero-order valence-electron chi connectivity index (χ0n) is 13.6. The Kier molecular flexibility index (Phi) is 3.75. The van der Waals surface area contributed by atoms with Gasteiger partial charge in [0, 0.05) is 29.7 Å². The van der Waals surface area contributed by atoms with Crippen molar-refractivity contribution in [2.24, 2.45) is 0 Å². The third-order valence-corrected chi connectivity index (χ3v) is 4.14. The number of hydrogen-bond acceptors (Lipinski definition) is 1. The van der Waals surface area contributed by atoms with E-state index in [0.29, 0.717) is 0 Å². The number of hydrogen-bond donors (Lipinski definition) is 2. The molecule has 0 amide bonds. The Bertz CT molecular complexity index is 949. The Morgan fingerprint density at radius 1 is 0.875 bits per heavy atom. The predicted octanol–water partition coefficient (Wildman–Crippen LogP) is 4.97. The summed E-state index contributed by atoms with van der Waals surface area (Å²) in [6, 6.07) is 23.1. The fraction of sp³-hybridized carbons (Fsp3) is 0.0952. The van der Waals surface area contributed by atoms with Gasteiger partial charge in [-0.15, -0.1) is 0 Å². The number of nitrogens with zero attached hydrogens (tertiary/aromatic N) is 1. The van der Waals surface area contributed by atoms with Crippen LogP contribution >= 0.6 is 0 Å². The van der Waals surface area contributed by atoms with Crippen molar-refractivity contribution >= 4 is 0 Å². The van der Waals surface area contributed by atoms with E-state index in [0.717, 1.165) is 34.9 Å². The van der Waals surface area contributed by atoms with E-state index in [-0.39, 0.29) is 0 Å². The topological polar surface area (TPSA) is 44.5 Å². The zero-order valence-corrected chi connectivity index (χ0v) is 13.6. The Morgan fingerprint density at radius 3 is 2.58 bits per heavy atom. The first kappa shape index (κ1) is 14.5. The molecule has 0 saturated heterocycles. The Labute approximate surface area is 141 Å². The summed E-state index contributed by atoms with van der Waals surface area (Å²) in [5.41, 5.74) is 7.87. The highest BCUT2D eigenvalue weighted by molar-refractivity contribution is 5.60. The van der Waals surface area contributed by atoms with Crippen LogP contribution in [0, 0.1) is 6.92 Å². The lowest BCUT2D eigenvalue weighted by molar-refractivity contribution is 1.07. The molecular weight excluding hydrogens is 294 g/mol. The number of aryl methyl sites for hydroxylation is 1. The van der Waals surface area contributed by atoms with Crippen LogP contribution in [-0.2, 0) is 6.42 Å². The molecule has 3 nitrogen and oxygen atoms in total. The second-order valence-electron chi connectivity index (χ2n) is 6.03. The number of aromatic nitrogens is 3. The standard InChI is InChI=1S/C21H19N3/c1-15-10-11-21(23-15)20-8-3-7-18(24-20)14-16-5-2-6-17(13-16)19-9-4-12-22-19/h2-13,22-23H,14H2,1H3. The van der Waals surface area contributed by atoms with Crippen LogP contribution in [0.4, 0.5) is 0 Å². The van der Waals surface area contributed by atoms with E-state index >= 15 is 0 Å². The smallest absolute Gasteiger partial charge is 0.0867 e. The molecule has 0 atom stereocenters. The second-order valence-corrected chi connectivity index (χ2v) is 6.03. The van der Waals surface area contributed by atoms with E-state index in [1.165, 1.54) is 11.1 Å². The molecule has 0 radical (unpaired) electrons. The van der Waals surface area contributed by atoms with Gasteiger partial charge in [0.05, 0.1) is 11.4 Å². The Morgan fingerprint density at radius 2 is 1.79 bits per heavy atom. The van der Waals surface area contributed by atoms with E-state index < -0.39 is 0 Å². The molecule has 4 rings (SSSR count). The molecule has 0 unspecified atom stereocenters. The minimum Gasteiger partial charge on any atom is -0.361 e. The van der Waals surface area contributed by atoms with Crippen LogP contribution in [0.5, 0.6) is 0 Å². The third kappa shape index (κ3) is 3.01. The number of aromatic amines is 2. The summed E-state index contributed by atoms with van der Waals surface area (Å²) in [7, 11) is 0. The van der Waals surface area contributed by atoms with E-state index in [9.17, 15) is 0 Å². The van der Waals surface area contributed by atoms with Crippen LogP contribution in [0.25, 0.3) is 22.6 Å². The van der Waals surface area contributed by atoms with E-state index in [2.05, 4.69) is 71.5 Å². The molecule has 0 saturated carbocycles. The molecule has 3 heterocycles. The molecule has 4 aromatic rings. The van der Waals surface area contributed by atoms with Crippen LogP contribution in [0.15, 0.2) is 72.9 Å². The maximum absolute atomic E-state index is 4.80. The number of nitrogens with one attached hydrogen (secondary N) is 2. The molecule has 0 bridgehead atoms. The summed E-state index contributed by atoms with van der Waals surface area (Å²) >= 11 is 0. The molecule has 0 fully saturated rings. The van der Waals surface area contributed by atoms with Gasteiger partial charge in [-0.2, -0.15) is 0 Å². The average molecular weight is 313 g/mol. The van der Waals surface area contributed by atoms with E-state index in [4.69, 9.17) is 4.98 Å². The maximum atomic E-state index is 4.80. The molecular formula is C21H19N3. The Balaban J connectivity index is 1.61. The molecule has 0 aliphatic carbocycles. The molecule has 1 aromatic carbocycles. The summed E-state index contributed by atoms with van der Waals surface area (Å²) in [5, 5.41) is 0. The molecule has 3 aromatic heterocycles. The van der Waals surface area contributed by atoms with Crippen molar-refractivity contribution in [3.63, 3.8) is 0 Å². The summed E-state index contributed by atoms with van der Waals surface area (Å²) in [4.78, 5) is 11.4. The normalized spacial score (nSPS) is 10.9. The summed E-state index contributed by atoms with van der Waals surface area (Å²) in [6.45, 7) is 2.06. The fourth-order valence-corrected chi connectivity index (χ4v) is 2.95. The van der Waals surface area contributed by atoms with Gasteiger partial charge in [-0.3, -0.25) is 4.98 Å². The second kappa shape index (κ2) is 6.20. The van der Waals surface area contributed by atoms with Crippen LogP contribution < -0.4 is 0 Å². The fourth-order valence-electron chi connectivity index (χ4n) is 2.95. The zero-order chi connectivity index (χ0) is 16.4. The quantitative estimate of drug-likeness (QED) is 0.549. The van der Waals surface area contributed by atoms with Crippen LogP contribution in [0.2, 0.25) is 0 Å². The van der Waals surface area contributed by atoms with Gasteiger partial charge in [0.25, 0.3) is 0 Å².